The minimum atomic E-state index is -0.276. The van der Waals surface area contributed by atoms with Gasteiger partial charge in [0.1, 0.15) is 6.61 Å². The minimum Gasteiger partial charge on any atom is -0.489 e. The summed E-state index contributed by atoms with van der Waals surface area (Å²) in [7, 11) is 0. The summed E-state index contributed by atoms with van der Waals surface area (Å²) in [4.78, 5) is 2.34. The van der Waals surface area contributed by atoms with E-state index in [1.165, 1.54) is 6.07 Å². The molecule has 18 heavy (non-hydrogen) atoms. The van der Waals surface area contributed by atoms with Gasteiger partial charge in [-0.2, -0.15) is 0 Å². The summed E-state index contributed by atoms with van der Waals surface area (Å²) in [5.41, 5.74) is 0.912. The summed E-state index contributed by atoms with van der Waals surface area (Å²) in [6.45, 7) is 10.7. The van der Waals surface area contributed by atoms with Crippen LogP contribution in [0.2, 0.25) is 0 Å². The molecule has 0 aliphatic heterocycles. The van der Waals surface area contributed by atoms with Crippen LogP contribution in [-0.4, -0.2) is 30.6 Å². The Balaban J connectivity index is 2.45. The molecule has 1 aromatic rings. The Morgan fingerprint density at radius 3 is 2.61 bits per heavy atom. The first-order valence-corrected chi connectivity index (χ1v) is 6.71. The van der Waals surface area contributed by atoms with Gasteiger partial charge in [-0.05, 0) is 44.5 Å². The number of halogens is 1. The number of aryl methyl sites for hydroxylation is 1. The first-order valence-electron chi connectivity index (χ1n) is 6.71. The van der Waals surface area contributed by atoms with Crippen LogP contribution in [0.3, 0.4) is 0 Å². The molecule has 1 unspecified atom stereocenters. The van der Waals surface area contributed by atoms with Gasteiger partial charge < -0.3 is 4.74 Å². The lowest BCUT2D eigenvalue weighted by atomic mass is 10.2. The van der Waals surface area contributed by atoms with Crippen molar-refractivity contribution in [3.8, 4) is 5.75 Å². The lowest BCUT2D eigenvalue weighted by molar-refractivity contribution is 0.169. The predicted octanol–water partition coefficient (Wildman–Crippen LogP) is 3.63. The van der Waals surface area contributed by atoms with Crippen molar-refractivity contribution in [2.75, 3.05) is 19.7 Å². The number of likely N-dealkylation sites (N-methyl/N-ethyl adjacent to an activating group) is 1. The molecule has 1 aromatic carbocycles. The van der Waals surface area contributed by atoms with Gasteiger partial charge in [-0.25, -0.2) is 4.39 Å². The van der Waals surface area contributed by atoms with Crippen molar-refractivity contribution in [3.63, 3.8) is 0 Å². The van der Waals surface area contributed by atoms with Crippen molar-refractivity contribution in [2.45, 2.75) is 40.2 Å². The predicted molar refractivity (Wildman–Crippen MR) is 73.6 cm³/mol. The average Bonchev–Trinajstić information content (AvgIpc) is 2.36. The Morgan fingerprint density at radius 1 is 1.33 bits per heavy atom. The van der Waals surface area contributed by atoms with Gasteiger partial charge in [0.05, 0.1) is 0 Å². The lowest BCUT2D eigenvalue weighted by Gasteiger charge is -2.26. The molecule has 3 heteroatoms. The molecule has 0 radical (unpaired) electrons. The fourth-order valence-electron chi connectivity index (χ4n) is 1.94. The third kappa shape index (κ3) is 4.30. The molecule has 0 fully saturated rings. The van der Waals surface area contributed by atoms with Crippen molar-refractivity contribution in [2.24, 2.45) is 0 Å². The van der Waals surface area contributed by atoms with Gasteiger partial charge in [0.25, 0.3) is 0 Å². The van der Waals surface area contributed by atoms with Crippen LogP contribution in [0.15, 0.2) is 18.2 Å². The molecule has 1 atom stereocenters. The second-order valence-corrected chi connectivity index (χ2v) is 4.67. The van der Waals surface area contributed by atoms with Crippen LogP contribution >= 0.6 is 0 Å². The van der Waals surface area contributed by atoms with Crippen molar-refractivity contribution < 1.29 is 9.13 Å². The van der Waals surface area contributed by atoms with Crippen LogP contribution in [0.4, 0.5) is 4.39 Å². The third-order valence-corrected chi connectivity index (χ3v) is 3.34. The fourth-order valence-corrected chi connectivity index (χ4v) is 1.94. The highest BCUT2D eigenvalue weighted by molar-refractivity contribution is 5.28. The first kappa shape index (κ1) is 15.0. The Hall–Kier alpha value is -1.09. The van der Waals surface area contributed by atoms with Crippen LogP contribution < -0.4 is 4.74 Å². The summed E-state index contributed by atoms with van der Waals surface area (Å²) in [6, 6.07) is 5.61. The zero-order chi connectivity index (χ0) is 13.5. The van der Waals surface area contributed by atoms with E-state index in [9.17, 15) is 4.39 Å². The van der Waals surface area contributed by atoms with Gasteiger partial charge in [0.2, 0.25) is 0 Å². The first-order chi connectivity index (χ1) is 8.58. The normalized spacial score (nSPS) is 12.8. The van der Waals surface area contributed by atoms with Gasteiger partial charge in [0, 0.05) is 12.6 Å². The number of hydrogen-bond acceptors (Lipinski definition) is 2. The number of rotatable bonds is 7. The summed E-state index contributed by atoms with van der Waals surface area (Å²) < 4.78 is 19.0. The van der Waals surface area contributed by atoms with Gasteiger partial charge >= 0.3 is 0 Å². The molecule has 0 bridgehead atoms. The summed E-state index contributed by atoms with van der Waals surface area (Å²) in [5.74, 6) is 0.0717. The van der Waals surface area contributed by atoms with Gasteiger partial charge in [-0.1, -0.05) is 19.9 Å². The maximum Gasteiger partial charge on any atom is 0.165 e. The quantitative estimate of drug-likeness (QED) is 0.735. The van der Waals surface area contributed by atoms with E-state index < -0.39 is 0 Å². The highest BCUT2D eigenvalue weighted by Crippen LogP contribution is 2.17. The van der Waals surface area contributed by atoms with Crippen LogP contribution in [0, 0.1) is 12.7 Å². The highest BCUT2D eigenvalue weighted by atomic mass is 19.1. The monoisotopic (exact) mass is 253 g/mol. The van der Waals surface area contributed by atoms with Crippen LogP contribution in [0.1, 0.15) is 32.8 Å². The summed E-state index contributed by atoms with van der Waals surface area (Å²) in [5, 5.41) is 0. The molecule has 0 aliphatic carbocycles. The molecule has 0 spiro atoms. The molecule has 0 aromatic heterocycles. The lowest BCUT2D eigenvalue weighted by Crippen LogP contribution is -2.35. The molecular formula is C15H24FNO. The SMILES string of the molecule is CCC(C)N(CC)CCOc1ccc(C)cc1F. The average molecular weight is 253 g/mol. The van der Waals surface area contributed by atoms with Gasteiger partial charge in [0.15, 0.2) is 11.6 Å². The van der Waals surface area contributed by atoms with Crippen molar-refractivity contribution in [1.29, 1.82) is 0 Å². The molecule has 0 aliphatic rings. The maximum absolute atomic E-state index is 13.5. The zero-order valence-corrected chi connectivity index (χ0v) is 11.9. The molecule has 0 saturated carbocycles. The van der Waals surface area contributed by atoms with Gasteiger partial charge in [-0.3, -0.25) is 4.90 Å². The largest absolute Gasteiger partial charge is 0.489 e. The number of benzene rings is 1. The second kappa shape index (κ2) is 7.37. The molecule has 0 heterocycles. The Kier molecular flexibility index (Phi) is 6.13. The third-order valence-electron chi connectivity index (χ3n) is 3.34. The van der Waals surface area contributed by atoms with E-state index in [4.69, 9.17) is 4.74 Å². The standard InChI is InChI=1S/C15H24FNO/c1-5-13(4)17(6-2)9-10-18-15-8-7-12(3)11-14(15)16/h7-8,11,13H,5-6,9-10H2,1-4H3. The van der Waals surface area contributed by atoms with E-state index in [1.807, 2.05) is 13.0 Å². The van der Waals surface area contributed by atoms with Crippen molar-refractivity contribution in [3.05, 3.63) is 29.6 Å². The number of hydrogen-bond donors (Lipinski definition) is 0. The van der Waals surface area contributed by atoms with Crippen LogP contribution in [0.25, 0.3) is 0 Å². The Bertz CT molecular complexity index is 368. The molecule has 2 nitrogen and oxygen atoms in total. The number of nitrogens with zero attached hydrogens (tertiary/aromatic N) is 1. The van der Waals surface area contributed by atoms with Gasteiger partial charge in [-0.15, -0.1) is 0 Å². The minimum absolute atomic E-state index is 0.276. The summed E-state index contributed by atoms with van der Waals surface area (Å²) in [6.07, 6.45) is 1.12. The Labute approximate surface area is 110 Å². The zero-order valence-electron chi connectivity index (χ0n) is 11.9. The second-order valence-electron chi connectivity index (χ2n) is 4.67. The maximum atomic E-state index is 13.5. The van der Waals surface area contributed by atoms with Crippen molar-refractivity contribution >= 4 is 0 Å². The van der Waals surface area contributed by atoms with E-state index in [1.54, 1.807) is 6.07 Å². The number of ether oxygens (including phenoxy) is 1. The smallest absolute Gasteiger partial charge is 0.165 e. The molecule has 0 saturated heterocycles. The molecule has 0 amide bonds. The van der Waals surface area contributed by atoms with E-state index in [0.29, 0.717) is 18.4 Å². The van der Waals surface area contributed by atoms with Crippen LogP contribution in [-0.2, 0) is 0 Å². The Morgan fingerprint density at radius 2 is 2.06 bits per heavy atom. The van der Waals surface area contributed by atoms with E-state index in [2.05, 4.69) is 25.7 Å². The molecule has 1 rings (SSSR count). The molecule has 102 valence electrons. The van der Waals surface area contributed by atoms with Crippen LogP contribution in [0.5, 0.6) is 5.75 Å². The van der Waals surface area contributed by atoms with E-state index in [-0.39, 0.29) is 5.82 Å². The van der Waals surface area contributed by atoms with E-state index in [0.717, 1.165) is 25.1 Å². The van der Waals surface area contributed by atoms with E-state index >= 15 is 0 Å². The van der Waals surface area contributed by atoms with Crippen molar-refractivity contribution in [1.82, 2.24) is 4.90 Å². The highest BCUT2D eigenvalue weighted by Gasteiger charge is 2.10. The summed E-state index contributed by atoms with van der Waals surface area (Å²) >= 11 is 0. The topological polar surface area (TPSA) is 12.5 Å². The fraction of sp³-hybridized carbons (Fsp3) is 0.600. The molecule has 0 N–H and O–H groups in total. The molecular weight excluding hydrogens is 229 g/mol.